The minimum Gasteiger partial charge on any atom is -0.479 e. The molecule has 2 aliphatic heterocycles. The lowest BCUT2D eigenvalue weighted by Crippen LogP contribution is -2.61. The van der Waals surface area contributed by atoms with E-state index in [9.17, 15) is 14.7 Å². The minimum absolute atomic E-state index is 0.331. The van der Waals surface area contributed by atoms with Gasteiger partial charge in [0.1, 0.15) is 5.54 Å². The number of aliphatic carboxylic acids is 1. The Labute approximate surface area is 93.1 Å². The summed E-state index contributed by atoms with van der Waals surface area (Å²) in [6.45, 7) is 1.57. The lowest BCUT2D eigenvalue weighted by atomic mass is 9.88. The topological polar surface area (TPSA) is 76.1 Å². The Hall–Kier alpha value is -1.30. The van der Waals surface area contributed by atoms with Crippen LogP contribution in [0, 0.1) is 0 Å². The van der Waals surface area contributed by atoms with E-state index in [0.717, 1.165) is 0 Å². The van der Waals surface area contributed by atoms with Crippen LogP contribution in [0.1, 0.15) is 19.3 Å². The van der Waals surface area contributed by atoms with Gasteiger partial charge in [0.05, 0.1) is 6.61 Å². The van der Waals surface area contributed by atoms with Crippen molar-refractivity contribution in [1.82, 2.24) is 4.90 Å². The molecule has 0 atom stereocenters. The summed E-state index contributed by atoms with van der Waals surface area (Å²) in [5.41, 5.74) is -1.13. The predicted molar refractivity (Wildman–Crippen MR) is 53.1 cm³/mol. The Balaban J connectivity index is 2.23. The molecule has 2 aliphatic rings. The summed E-state index contributed by atoms with van der Waals surface area (Å²) >= 11 is 0. The van der Waals surface area contributed by atoms with Crippen molar-refractivity contribution in [3.8, 4) is 0 Å². The highest BCUT2D eigenvalue weighted by Gasteiger charge is 2.49. The van der Waals surface area contributed by atoms with Crippen molar-refractivity contribution in [1.29, 1.82) is 0 Å². The van der Waals surface area contributed by atoms with Crippen molar-refractivity contribution in [2.75, 3.05) is 26.4 Å². The maximum atomic E-state index is 11.6. The van der Waals surface area contributed by atoms with Crippen molar-refractivity contribution in [2.24, 2.45) is 0 Å². The van der Waals surface area contributed by atoms with Crippen molar-refractivity contribution in [3.63, 3.8) is 0 Å². The highest BCUT2D eigenvalue weighted by molar-refractivity contribution is 5.84. The Morgan fingerprint density at radius 1 is 1.31 bits per heavy atom. The smallest absolute Gasteiger partial charge is 0.410 e. The molecule has 0 aromatic heterocycles. The molecule has 2 rings (SSSR count). The van der Waals surface area contributed by atoms with Crippen LogP contribution in [0.5, 0.6) is 0 Å². The highest BCUT2D eigenvalue weighted by atomic mass is 16.6. The summed E-state index contributed by atoms with van der Waals surface area (Å²) in [4.78, 5) is 24.4. The molecule has 0 unspecified atom stereocenters. The van der Waals surface area contributed by atoms with Crippen LogP contribution in [0.15, 0.2) is 0 Å². The molecule has 0 aromatic carbocycles. The average Bonchev–Trinajstić information content (AvgIpc) is 2.30. The van der Waals surface area contributed by atoms with Crippen molar-refractivity contribution in [2.45, 2.75) is 24.8 Å². The van der Waals surface area contributed by atoms with E-state index in [1.807, 2.05) is 0 Å². The van der Waals surface area contributed by atoms with Crippen LogP contribution < -0.4 is 0 Å². The van der Waals surface area contributed by atoms with E-state index in [0.29, 0.717) is 45.6 Å². The first kappa shape index (κ1) is 11.2. The number of carboxylic acid groups (broad SMARTS) is 1. The zero-order valence-electron chi connectivity index (χ0n) is 8.98. The van der Waals surface area contributed by atoms with Crippen molar-refractivity contribution >= 4 is 12.1 Å². The second-order valence-corrected chi connectivity index (χ2v) is 4.07. The standard InChI is InChI=1S/C10H15NO5/c12-8(13)10(2-6-15-7-3-10)11-4-1-5-16-9(11)14/h1-7H2,(H,12,13). The van der Waals surface area contributed by atoms with Gasteiger partial charge in [-0.2, -0.15) is 0 Å². The molecule has 1 N–H and O–H groups in total. The lowest BCUT2D eigenvalue weighted by Gasteiger charge is -2.43. The second-order valence-electron chi connectivity index (χ2n) is 4.07. The third-order valence-corrected chi connectivity index (χ3v) is 3.21. The first-order chi connectivity index (χ1) is 7.67. The third-order valence-electron chi connectivity index (χ3n) is 3.21. The fraction of sp³-hybridized carbons (Fsp3) is 0.800. The Morgan fingerprint density at radius 3 is 2.56 bits per heavy atom. The van der Waals surface area contributed by atoms with Gasteiger partial charge >= 0.3 is 12.1 Å². The van der Waals surface area contributed by atoms with Gasteiger partial charge in [0, 0.05) is 32.6 Å². The van der Waals surface area contributed by atoms with Crippen LogP contribution in [0.4, 0.5) is 4.79 Å². The fourth-order valence-electron chi connectivity index (χ4n) is 2.25. The van der Waals surface area contributed by atoms with Gasteiger partial charge in [0.2, 0.25) is 0 Å². The van der Waals surface area contributed by atoms with Gasteiger partial charge in [0.15, 0.2) is 0 Å². The summed E-state index contributed by atoms with van der Waals surface area (Å²) in [6.07, 6.45) is 0.826. The normalized spacial score (nSPS) is 25.0. The minimum atomic E-state index is -1.13. The van der Waals surface area contributed by atoms with Gasteiger partial charge in [-0.3, -0.25) is 4.90 Å². The third kappa shape index (κ3) is 1.73. The number of hydrogen-bond acceptors (Lipinski definition) is 4. The Kier molecular flexibility index (Phi) is 3.00. The monoisotopic (exact) mass is 229 g/mol. The van der Waals surface area contributed by atoms with Gasteiger partial charge in [0.25, 0.3) is 0 Å². The zero-order valence-corrected chi connectivity index (χ0v) is 8.98. The molecule has 2 fully saturated rings. The molecule has 2 heterocycles. The van der Waals surface area contributed by atoms with E-state index < -0.39 is 17.6 Å². The molecule has 0 radical (unpaired) electrons. The van der Waals surface area contributed by atoms with Crippen LogP contribution in [0.3, 0.4) is 0 Å². The first-order valence-electron chi connectivity index (χ1n) is 5.42. The van der Waals surface area contributed by atoms with Gasteiger partial charge in [-0.05, 0) is 6.42 Å². The van der Waals surface area contributed by atoms with E-state index in [4.69, 9.17) is 9.47 Å². The number of carbonyl (C=O) groups excluding carboxylic acids is 1. The number of rotatable bonds is 2. The number of amides is 1. The predicted octanol–water partition coefficient (Wildman–Crippen LogP) is 0.462. The van der Waals surface area contributed by atoms with E-state index in [2.05, 4.69) is 0 Å². The maximum absolute atomic E-state index is 11.6. The molecule has 0 aromatic rings. The van der Waals surface area contributed by atoms with Crippen LogP contribution in [-0.4, -0.2) is 54.0 Å². The summed E-state index contributed by atoms with van der Waals surface area (Å²) in [5.74, 6) is -0.963. The summed E-state index contributed by atoms with van der Waals surface area (Å²) in [6, 6.07) is 0. The molecule has 2 saturated heterocycles. The fourth-order valence-corrected chi connectivity index (χ4v) is 2.25. The van der Waals surface area contributed by atoms with Gasteiger partial charge < -0.3 is 14.6 Å². The SMILES string of the molecule is O=C1OCCCN1C1(C(=O)O)CCOCC1. The average molecular weight is 229 g/mol. The van der Waals surface area contributed by atoms with Crippen LogP contribution in [0.25, 0.3) is 0 Å². The van der Waals surface area contributed by atoms with E-state index in [1.54, 1.807) is 0 Å². The quantitative estimate of drug-likeness (QED) is 0.744. The van der Waals surface area contributed by atoms with Gasteiger partial charge in [-0.1, -0.05) is 0 Å². The van der Waals surface area contributed by atoms with Crippen molar-refractivity contribution in [3.05, 3.63) is 0 Å². The molecule has 1 amide bonds. The van der Waals surface area contributed by atoms with Crippen LogP contribution >= 0.6 is 0 Å². The number of carbonyl (C=O) groups is 2. The second kappa shape index (κ2) is 4.29. The van der Waals surface area contributed by atoms with Crippen LogP contribution in [0.2, 0.25) is 0 Å². The van der Waals surface area contributed by atoms with E-state index in [1.165, 1.54) is 4.90 Å². The number of hydrogen-bond donors (Lipinski definition) is 1. The lowest BCUT2D eigenvalue weighted by molar-refractivity contribution is -0.158. The number of nitrogens with zero attached hydrogens (tertiary/aromatic N) is 1. The molecular weight excluding hydrogens is 214 g/mol. The molecule has 0 saturated carbocycles. The molecule has 0 spiro atoms. The van der Waals surface area contributed by atoms with E-state index in [-0.39, 0.29) is 0 Å². The number of carboxylic acids is 1. The molecule has 90 valence electrons. The highest BCUT2D eigenvalue weighted by Crippen LogP contribution is 2.30. The molecule has 0 bridgehead atoms. The van der Waals surface area contributed by atoms with Crippen molar-refractivity contribution < 1.29 is 24.2 Å². The molecule has 16 heavy (non-hydrogen) atoms. The van der Waals surface area contributed by atoms with Gasteiger partial charge in [-0.25, -0.2) is 9.59 Å². The first-order valence-corrected chi connectivity index (χ1v) is 5.42. The van der Waals surface area contributed by atoms with E-state index >= 15 is 0 Å². The summed E-state index contributed by atoms with van der Waals surface area (Å²) in [5, 5.41) is 9.35. The van der Waals surface area contributed by atoms with Gasteiger partial charge in [-0.15, -0.1) is 0 Å². The molecule has 0 aliphatic carbocycles. The summed E-state index contributed by atoms with van der Waals surface area (Å²) in [7, 11) is 0. The number of cyclic esters (lactones) is 1. The molecule has 6 heteroatoms. The molecular formula is C10H15NO5. The van der Waals surface area contributed by atoms with Crippen LogP contribution in [-0.2, 0) is 14.3 Å². The largest absolute Gasteiger partial charge is 0.479 e. The number of ether oxygens (including phenoxy) is 2. The Bertz CT molecular complexity index is 296. The zero-order chi connectivity index (χ0) is 11.6. The maximum Gasteiger partial charge on any atom is 0.410 e. The Morgan fingerprint density at radius 2 is 2.00 bits per heavy atom. The molecule has 6 nitrogen and oxygen atoms in total. The summed E-state index contributed by atoms with van der Waals surface area (Å²) < 4.78 is 10.1.